The summed E-state index contributed by atoms with van der Waals surface area (Å²) in [5.41, 5.74) is 0. The molecule has 0 amide bonds. The van der Waals surface area contributed by atoms with Crippen molar-refractivity contribution >= 4 is 112 Å². The minimum absolute atomic E-state index is 1.24. The molecule has 21 heteroatoms. The van der Waals surface area contributed by atoms with Crippen LogP contribution in [0.1, 0.15) is 0 Å². The molecule has 0 aromatic carbocycles. The van der Waals surface area contributed by atoms with Crippen LogP contribution in [0.4, 0.5) is 0 Å². The molecule has 0 aliphatic rings. The van der Waals surface area contributed by atoms with Crippen molar-refractivity contribution in [3.8, 4) is 0 Å². The van der Waals surface area contributed by atoms with Gasteiger partial charge in [0.25, 0.3) is 0 Å². The Kier molecular flexibility index (Phi) is 93.3. The third-order valence-electron chi connectivity index (χ3n) is 0.333. The van der Waals surface area contributed by atoms with Crippen LogP contribution < -0.4 is 0 Å². The molecule has 13 nitrogen and oxygen atoms in total. The Morgan fingerprint density at radius 3 is 0.524 bits per heavy atom. The number of rotatable bonds is 6. The van der Waals surface area contributed by atoms with Gasteiger partial charge in [-0.15, -0.1) is 0 Å². The molecule has 0 N–H and O–H groups in total. The van der Waals surface area contributed by atoms with E-state index in [1.807, 2.05) is 0 Å². The molecule has 0 aromatic heterocycles. The molecule has 104 valence electrons. The Morgan fingerprint density at radius 2 is 0.524 bits per heavy atom. The van der Waals surface area contributed by atoms with E-state index >= 15 is 0 Å². The molecule has 0 saturated carbocycles. The van der Waals surface area contributed by atoms with Crippen LogP contribution in [0.3, 0.4) is 0 Å². The summed E-state index contributed by atoms with van der Waals surface area (Å²) in [5.74, 6) is 0. The van der Waals surface area contributed by atoms with Gasteiger partial charge in [0.05, 0.1) is 0 Å². The second-order valence-electron chi connectivity index (χ2n) is 1.15. The molecule has 0 unspecified atom stereocenters. The molecule has 0 bridgehead atoms. The Bertz CT molecular complexity index is 264. The normalized spacial score (nSPS) is 3.62. The standard InChI is InChI=1S/6Al.2O2Si.9O/c;;;;;;2*1-3-2;;;;;;;;;. The third kappa shape index (κ3) is 154. The van der Waals surface area contributed by atoms with E-state index in [9.17, 15) is 22.8 Å². The summed E-state index contributed by atoms with van der Waals surface area (Å²) in [5, 5.41) is 0. The molecule has 0 aliphatic carbocycles. The number of hydrogen-bond acceptors (Lipinski definition) is 13. The van der Waals surface area contributed by atoms with Crippen molar-refractivity contribution in [2.24, 2.45) is 0 Å². The second-order valence-corrected chi connectivity index (χ2v) is 5.91. The van der Waals surface area contributed by atoms with Gasteiger partial charge in [-0.25, -0.2) is 0 Å². The van der Waals surface area contributed by atoms with Crippen LogP contribution in [0.25, 0.3) is 0 Å². The Labute approximate surface area is 159 Å². The monoisotopic (exact) mass is 426 g/mol. The molecule has 0 atom stereocenters. The van der Waals surface area contributed by atoms with E-state index in [1.165, 1.54) is 0 Å². The Balaban J connectivity index is -0.0000000519. The van der Waals surface area contributed by atoms with E-state index in [2.05, 4.69) is 8.52 Å². The van der Waals surface area contributed by atoms with Gasteiger partial charge in [-0.3, -0.25) is 17.8 Å². The summed E-state index contributed by atoms with van der Waals surface area (Å²) in [6, 6.07) is 0. The summed E-state index contributed by atoms with van der Waals surface area (Å²) in [7, 11) is -2.83. The van der Waals surface area contributed by atoms with Crippen molar-refractivity contribution < 1.29 is 49.2 Å². The van der Waals surface area contributed by atoms with Crippen molar-refractivity contribution in [2.45, 2.75) is 0 Å². The van der Waals surface area contributed by atoms with Crippen molar-refractivity contribution in [1.29, 1.82) is 0 Å². The summed E-state index contributed by atoms with van der Waals surface area (Å²) >= 11 is -7.44. The topological polar surface area (TPSA) is 198 Å². The molecule has 0 saturated heterocycles. The Morgan fingerprint density at radius 1 is 0.429 bits per heavy atom. The zero-order valence-electron chi connectivity index (χ0n) is 9.77. The first-order chi connectivity index (χ1) is 10.1. The third-order valence-corrected chi connectivity index (χ3v) is 3.00. The predicted molar refractivity (Wildman–Crippen MR) is 56.2 cm³/mol. The summed E-state index contributed by atoms with van der Waals surface area (Å²) in [6.45, 7) is 0. The molecule has 21 heavy (non-hydrogen) atoms. The fraction of sp³-hybridized carbons (Fsp3) is 0. The van der Waals surface area contributed by atoms with Gasteiger partial charge in [0.2, 0.25) is 0 Å². The molecule has 0 rings (SSSR count). The summed E-state index contributed by atoms with van der Waals surface area (Å²) < 4.78 is 101. The van der Waals surface area contributed by atoms with E-state index < -0.39 is 112 Å². The molecular weight excluding hydrogens is 426 g/mol. The van der Waals surface area contributed by atoms with Crippen LogP contribution in [0, 0.1) is 0 Å². The van der Waals surface area contributed by atoms with Gasteiger partial charge < -0.3 is 0 Å². The van der Waals surface area contributed by atoms with Crippen LogP contribution in [-0.2, 0) is 49.2 Å². The summed E-state index contributed by atoms with van der Waals surface area (Å²) in [6.07, 6.45) is 0. The Hall–Kier alpha value is 1.03. The van der Waals surface area contributed by atoms with E-state index in [0.29, 0.717) is 0 Å². The fourth-order valence-electron chi connectivity index (χ4n) is 0.0680. The van der Waals surface area contributed by atoms with Crippen molar-refractivity contribution in [3.63, 3.8) is 0 Å². The maximum absolute atomic E-state index is 9.21. The number of hydrogen-bond donors (Lipinski definition) is 0. The van der Waals surface area contributed by atoms with Gasteiger partial charge in [-0.1, -0.05) is 0 Å². The minimum atomic E-state index is -1.42. The van der Waals surface area contributed by atoms with Gasteiger partial charge in [-0.2, -0.15) is 0 Å². The average Bonchev–Trinajstić information content (AvgIpc) is 2.44. The van der Waals surface area contributed by atoms with E-state index in [-0.39, 0.29) is 0 Å². The molecule has 0 fully saturated rings. The first-order valence-electron chi connectivity index (χ1n) is 3.64. The average molecular weight is 426 g/mol. The molecular formula is Al6O13Si2. The maximum atomic E-state index is 9.21. The zero-order valence-corrected chi connectivity index (χ0v) is 18.7. The molecule has 0 spiro atoms. The quantitative estimate of drug-likeness (QED) is 0.369. The van der Waals surface area contributed by atoms with E-state index in [4.69, 9.17) is 17.8 Å². The van der Waals surface area contributed by atoms with Gasteiger partial charge in [0, 0.05) is 0 Å². The molecule has 0 aliphatic heterocycles. The van der Waals surface area contributed by atoms with Crippen LogP contribution >= 0.6 is 0 Å². The van der Waals surface area contributed by atoms with Crippen molar-refractivity contribution in [1.82, 2.24) is 0 Å². The van der Waals surface area contributed by atoms with Crippen LogP contribution in [-0.4, -0.2) is 112 Å². The van der Waals surface area contributed by atoms with Crippen LogP contribution in [0.15, 0.2) is 0 Å². The van der Waals surface area contributed by atoms with Gasteiger partial charge in [0.15, 0.2) is 0 Å². The first kappa shape index (κ1) is 33.6. The van der Waals surface area contributed by atoms with Crippen LogP contribution in [0.2, 0.25) is 0 Å². The van der Waals surface area contributed by atoms with Gasteiger partial charge >= 0.3 is 143 Å². The molecule has 0 heterocycles. The molecule has 0 radical (unpaired) electrons. The predicted octanol–water partition coefficient (Wildman–Crippen LogP) is -4.44. The van der Waals surface area contributed by atoms with Crippen LogP contribution in [0.5, 0.6) is 0 Å². The van der Waals surface area contributed by atoms with E-state index in [0.717, 1.165) is 0 Å². The van der Waals surface area contributed by atoms with Gasteiger partial charge in [0.1, 0.15) is 0 Å². The van der Waals surface area contributed by atoms with Crippen molar-refractivity contribution in [3.05, 3.63) is 0 Å². The fourth-order valence-corrected chi connectivity index (χ4v) is 0.612. The zero-order chi connectivity index (χ0) is 17.8. The molecule has 0 aromatic rings. The first-order valence-corrected chi connectivity index (χ1v) is 10.9. The van der Waals surface area contributed by atoms with E-state index in [1.54, 1.807) is 0 Å². The van der Waals surface area contributed by atoms with Gasteiger partial charge in [-0.05, 0) is 0 Å². The second kappa shape index (κ2) is 58.3. The van der Waals surface area contributed by atoms with Crippen molar-refractivity contribution in [2.75, 3.05) is 0 Å². The SMILES string of the molecule is O=[Si]=O.O=[Si]=O.[O]=[Al][O][Al]=[O].[O]=[Al][O][Al]=[O].[O]=[Al][O][Al]=[O]. The summed E-state index contributed by atoms with van der Waals surface area (Å²) in [4.78, 5) is 0.